The molecule has 6 nitrogen and oxygen atoms in total. The summed E-state index contributed by atoms with van der Waals surface area (Å²) in [6.45, 7) is 0.816. The maximum absolute atomic E-state index is 12.0. The number of thioether (sulfide) groups is 1. The number of ether oxygens (including phenoxy) is 1. The van der Waals surface area contributed by atoms with Crippen molar-refractivity contribution in [2.45, 2.75) is 5.16 Å². The molecule has 0 atom stereocenters. The Kier molecular flexibility index (Phi) is 6.73. The largest absolute Gasteiger partial charge is 0.492 e. The molecule has 0 aliphatic rings. The minimum absolute atomic E-state index is 0.0797. The SMILES string of the molecule is Cn1c(SCC(=O)NCCOc2ccc(Cl)cc2)nnc1-c1ccccc1. The van der Waals surface area contributed by atoms with Gasteiger partial charge in [0.2, 0.25) is 5.91 Å². The molecule has 0 saturated carbocycles. The molecule has 0 bridgehead atoms. The topological polar surface area (TPSA) is 69.0 Å². The zero-order valence-electron chi connectivity index (χ0n) is 14.8. The number of halogens is 1. The van der Waals surface area contributed by atoms with E-state index in [0.717, 1.165) is 17.1 Å². The summed E-state index contributed by atoms with van der Waals surface area (Å²) >= 11 is 7.17. The van der Waals surface area contributed by atoms with E-state index in [9.17, 15) is 4.79 Å². The van der Waals surface area contributed by atoms with Crippen LogP contribution in [0.1, 0.15) is 0 Å². The van der Waals surface area contributed by atoms with Gasteiger partial charge in [0.15, 0.2) is 11.0 Å². The van der Waals surface area contributed by atoms with Crippen LogP contribution in [-0.2, 0) is 11.8 Å². The molecule has 0 aliphatic carbocycles. The van der Waals surface area contributed by atoms with Crippen molar-refractivity contribution in [1.29, 1.82) is 0 Å². The Morgan fingerprint density at radius 3 is 2.63 bits per heavy atom. The van der Waals surface area contributed by atoms with Crippen molar-refractivity contribution in [3.63, 3.8) is 0 Å². The average molecular weight is 403 g/mol. The van der Waals surface area contributed by atoms with Crippen molar-refractivity contribution in [2.24, 2.45) is 7.05 Å². The summed E-state index contributed by atoms with van der Waals surface area (Å²) in [6.07, 6.45) is 0. The van der Waals surface area contributed by atoms with Gasteiger partial charge in [-0.15, -0.1) is 10.2 Å². The van der Waals surface area contributed by atoms with Crippen LogP contribution < -0.4 is 10.1 Å². The summed E-state index contributed by atoms with van der Waals surface area (Å²) in [4.78, 5) is 12.0. The van der Waals surface area contributed by atoms with Crippen LogP contribution in [0.2, 0.25) is 5.02 Å². The molecule has 27 heavy (non-hydrogen) atoms. The molecule has 0 aliphatic heterocycles. The van der Waals surface area contributed by atoms with Crippen LogP contribution in [0.15, 0.2) is 59.8 Å². The number of hydrogen-bond donors (Lipinski definition) is 1. The van der Waals surface area contributed by atoms with E-state index in [-0.39, 0.29) is 11.7 Å². The van der Waals surface area contributed by atoms with E-state index in [1.807, 2.05) is 41.9 Å². The molecule has 8 heteroatoms. The van der Waals surface area contributed by atoms with Crippen molar-refractivity contribution in [3.8, 4) is 17.1 Å². The molecular formula is C19H19ClN4O2S. The van der Waals surface area contributed by atoms with Crippen LogP contribution in [0, 0.1) is 0 Å². The number of amides is 1. The van der Waals surface area contributed by atoms with Gasteiger partial charge in [0.1, 0.15) is 12.4 Å². The molecule has 1 heterocycles. The summed E-state index contributed by atoms with van der Waals surface area (Å²) in [5.74, 6) is 1.68. The molecule has 1 N–H and O–H groups in total. The first-order chi connectivity index (χ1) is 13.1. The number of aromatic nitrogens is 3. The summed E-state index contributed by atoms with van der Waals surface area (Å²) in [5, 5.41) is 12.6. The van der Waals surface area contributed by atoms with Gasteiger partial charge in [-0.2, -0.15) is 0 Å². The second-order valence-corrected chi connectivity index (χ2v) is 7.05. The number of benzene rings is 2. The fourth-order valence-corrected chi connectivity index (χ4v) is 3.22. The fourth-order valence-electron chi connectivity index (χ4n) is 2.35. The Hall–Kier alpha value is -2.51. The van der Waals surface area contributed by atoms with Crippen molar-refractivity contribution in [2.75, 3.05) is 18.9 Å². The third-order valence-electron chi connectivity index (χ3n) is 3.71. The lowest BCUT2D eigenvalue weighted by molar-refractivity contribution is -0.118. The van der Waals surface area contributed by atoms with Gasteiger partial charge in [-0.1, -0.05) is 53.7 Å². The van der Waals surface area contributed by atoms with Crippen LogP contribution in [0.4, 0.5) is 0 Å². The van der Waals surface area contributed by atoms with Gasteiger partial charge in [-0.3, -0.25) is 4.79 Å². The van der Waals surface area contributed by atoms with Crippen molar-refractivity contribution >= 4 is 29.3 Å². The Bertz CT molecular complexity index is 884. The quantitative estimate of drug-likeness (QED) is 0.462. The second kappa shape index (κ2) is 9.43. The summed E-state index contributed by atoms with van der Waals surface area (Å²) in [6, 6.07) is 16.9. The first-order valence-corrected chi connectivity index (χ1v) is 9.72. The van der Waals surface area contributed by atoms with Crippen LogP contribution in [0.25, 0.3) is 11.4 Å². The van der Waals surface area contributed by atoms with Crippen LogP contribution in [-0.4, -0.2) is 39.6 Å². The molecule has 3 aromatic rings. The lowest BCUT2D eigenvalue weighted by atomic mass is 10.2. The Balaban J connectivity index is 1.42. The van der Waals surface area contributed by atoms with Gasteiger partial charge >= 0.3 is 0 Å². The van der Waals surface area contributed by atoms with Crippen LogP contribution >= 0.6 is 23.4 Å². The highest BCUT2D eigenvalue weighted by Crippen LogP contribution is 2.22. The molecule has 2 aromatic carbocycles. The molecule has 3 rings (SSSR count). The molecule has 0 saturated heterocycles. The van der Waals surface area contributed by atoms with Gasteiger partial charge in [-0.05, 0) is 24.3 Å². The Morgan fingerprint density at radius 2 is 1.89 bits per heavy atom. The number of carbonyl (C=O) groups excluding carboxylic acids is 1. The normalized spacial score (nSPS) is 10.6. The number of carbonyl (C=O) groups is 1. The van der Waals surface area contributed by atoms with E-state index < -0.39 is 0 Å². The first kappa shape index (κ1) is 19.3. The smallest absolute Gasteiger partial charge is 0.230 e. The predicted octanol–water partition coefficient (Wildman–Crippen LogP) is 3.42. The number of nitrogens with one attached hydrogen (secondary N) is 1. The van der Waals surface area contributed by atoms with Crippen molar-refractivity contribution in [1.82, 2.24) is 20.1 Å². The Labute approximate surface area is 166 Å². The molecule has 0 radical (unpaired) electrons. The van der Waals surface area contributed by atoms with E-state index in [2.05, 4.69) is 15.5 Å². The third kappa shape index (κ3) is 5.48. The van der Waals surface area contributed by atoms with Crippen molar-refractivity contribution in [3.05, 3.63) is 59.6 Å². The summed E-state index contributed by atoms with van der Waals surface area (Å²) in [7, 11) is 1.89. The predicted molar refractivity (Wildman–Crippen MR) is 107 cm³/mol. The summed E-state index contributed by atoms with van der Waals surface area (Å²) < 4.78 is 7.42. The van der Waals surface area contributed by atoms with E-state index in [0.29, 0.717) is 23.3 Å². The Morgan fingerprint density at radius 1 is 1.15 bits per heavy atom. The molecular weight excluding hydrogens is 384 g/mol. The standard InChI is InChI=1S/C19H19ClN4O2S/c1-24-18(14-5-3-2-4-6-14)22-23-19(24)27-13-17(25)21-11-12-26-16-9-7-15(20)8-10-16/h2-10H,11-13H2,1H3,(H,21,25). The minimum atomic E-state index is -0.0797. The lowest BCUT2D eigenvalue weighted by Crippen LogP contribution is -2.29. The van der Waals surface area contributed by atoms with Crippen LogP contribution in [0.3, 0.4) is 0 Å². The number of rotatable bonds is 8. The zero-order chi connectivity index (χ0) is 19.1. The molecule has 140 valence electrons. The fraction of sp³-hybridized carbons (Fsp3) is 0.211. The maximum atomic E-state index is 12.0. The maximum Gasteiger partial charge on any atom is 0.230 e. The lowest BCUT2D eigenvalue weighted by Gasteiger charge is -2.08. The van der Waals surface area contributed by atoms with E-state index in [1.165, 1.54) is 11.8 Å². The van der Waals surface area contributed by atoms with Gasteiger partial charge in [0.25, 0.3) is 0 Å². The van der Waals surface area contributed by atoms with E-state index in [4.69, 9.17) is 16.3 Å². The first-order valence-electron chi connectivity index (χ1n) is 8.36. The zero-order valence-corrected chi connectivity index (χ0v) is 16.3. The second-order valence-electron chi connectivity index (χ2n) is 5.67. The van der Waals surface area contributed by atoms with Crippen molar-refractivity contribution < 1.29 is 9.53 Å². The third-order valence-corrected chi connectivity index (χ3v) is 4.98. The molecule has 0 unspecified atom stereocenters. The molecule has 0 fully saturated rings. The monoisotopic (exact) mass is 402 g/mol. The minimum Gasteiger partial charge on any atom is -0.492 e. The highest BCUT2D eigenvalue weighted by atomic mass is 35.5. The van der Waals surface area contributed by atoms with Gasteiger partial charge in [0, 0.05) is 17.6 Å². The molecule has 0 spiro atoms. The van der Waals surface area contributed by atoms with Gasteiger partial charge < -0.3 is 14.6 Å². The van der Waals surface area contributed by atoms with Gasteiger partial charge in [-0.25, -0.2) is 0 Å². The van der Waals surface area contributed by atoms with E-state index in [1.54, 1.807) is 24.3 Å². The van der Waals surface area contributed by atoms with E-state index >= 15 is 0 Å². The molecule has 1 aromatic heterocycles. The highest BCUT2D eigenvalue weighted by molar-refractivity contribution is 7.99. The van der Waals surface area contributed by atoms with Crippen LogP contribution in [0.5, 0.6) is 5.75 Å². The number of nitrogens with zero attached hydrogens (tertiary/aromatic N) is 3. The highest BCUT2D eigenvalue weighted by Gasteiger charge is 2.12. The van der Waals surface area contributed by atoms with Gasteiger partial charge in [0.05, 0.1) is 12.3 Å². The summed E-state index contributed by atoms with van der Waals surface area (Å²) in [5.41, 5.74) is 0.989. The molecule has 1 amide bonds. The average Bonchev–Trinajstić information content (AvgIpc) is 3.06. The number of hydrogen-bond acceptors (Lipinski definition) is 5.